The van der Waals surface area contributed by atoms with E-state index in [0.29, 0.717) is 17.0 Å². The molecular formula is C12H9FN2O. The van der Waals surface area contributed by atoms with Gasteiger partial charge < -0.3 is 4.42 Å². The van der Waals surface area contributed by atoms with E-state index < -0.39 is 0 Å². The van der Waals surface area contributed by atoms with Gasteiger partial charge in [0.1, 0.15) is 11.6 Å². The summed E-state index contributed by atoms with van der Waals surface area (Å²) in [5.74, 6) is 0.396. The van der Waals surface area contributed by atoms with Gasteiger partial charge in [0.15, 0.2) is 0 Å². The lowest BCUT2D eigenvalue weighted by atomic mass is 10.2. The third kappa shape index (κ3) is 1.80. The minimum absolute atomic E-state index is 0.170. The minimum atomic E-state index is -0.382. The SMILES string of the molecule is Cc1oc(-c2ccccc2F)nc1CC#N. The molecule has 0 radical (unpaired) electrons. The Kier molecular flexibility index (Phi) is 2.69. The van der Waals surface area contributed by atoms with Crippen molar-refractivity contribution in [3.8, 4) is 17.5 Å². The molecule has 0 aliphatic heterocycles. The predicted molar refractivity (Wildman–Crippen MR) is 56.0 cm³/mol. The van der Waals surface area contributed by atoms with Crippen LogP contribution >= 0.6 is 0 Å². The first-order valence-corrected chi connectivity index (χ1v) is 4.80. The molecule has 0 aliphatic carbocycles. The average Bonchev–Trinajstić information content (AvgIpc) is 2.61. The first kappa shape index (κ1) is 10.4. The van der Waals surface area contributed by atoms with Crippen molar-refractivity contribution >= 4 is 0 Å². The Hall–Kier alpha value is -2.15. The second-order valence-electron chi connectivity index (χ2n) is 3.34. The quantitative estimate of drug-likeness (QED) is 0.775. The van der Waals surface area contributed by atoms with Crippen LogP contribution in [-0.4, -0.2) is 4.98 Å². The van der Waals surface area contributed by atoms with Crippen molar-refractivity contribution < 1.29 is 8.81 Å². The molecular weight excluding hydrogens is 207 g/mol. The number of nitriles is 1. The average molecular weight is 216 g/mol. The molecule has 3 nitrogen and oxygen atoms in total. The van der Waals surface area contributed by atoms with Crippen molar-refractivity contribution in [3.05, 3.63) is 41.5 Å². The molecule has 0 amide bonds. The van der Waals surface area contributed by atoms with E-state index in [1.54, 1.807) is 25.1 Å². The molecule has 0 N–H and O–H groups in total. The van der Waals surface area contributed by atoms with Crippen LogP contribution in [0.3, 0.4) is 0 Å². The van der Waals surface area contributed by atoms with Crippen molar-refractivity contribution in [2.24, 2.45) is 0 Å². The van der Waals surface area contributed by atoms with E-state index in [-0.39, 0.29) is 18.1 Å². The minimum Gasteiger partial charge on any atom is -0.441 e. The molecule has 0 saturated carbocycles. The normalized spacial score (nSPS) is 10.1. The van der Waals surface area contributed by atoms with Gasteiger partial charge in [-0.05, 0) is 19.1 Å². The highest BCUT2D eigenvalue weighted by molar-refractivity contribution is 5.54. The molecule has 0 fully saturated rings. The Balaban J connectivity index is 2.46. The molecule has 0 unspecified atom stereocenters. The van der Waals surface area contributed by atoms with E-state index in [1.165, 1.54) is 6.07 Å². The van der Waals surface area contributed by atoms with Crippen molar-refractivity contribution in [2.75, 3.05) is 0 Å². The van der Waals surface area contributed by atoms with Crippen LogP contribution < -0.4 is 0 Å². The lowest BCUT2D eigenvalue weighted by molar-refractivity contribution is 0.533. The van der Waals surface area contributed by atoms with Crippen LogP contribution in [0.4, 0.5) is 4.39 Å². The summed E-state index contributed by atoms with van der Waals surface area (Å²) in [6, 6.07) is 8.24. The molecule has 0 spiro atoms. The Morgan fingerprint density at radius 2 is 2.19 bits per heavy atom. The van der Waals surface area contributed by atoms with Crippen LogP contribution in [0.25, 0.3) is 11.5 Å². The monoisotopic (exact) mass is 216 g/mol. The third-order valence-electron chi connectivity index (χ3n) is 2.24. The fourth-order valence-electron chi connectivity index (χ4n) is 1.42. The number of oxazole rings is 1. The van der Waals surface area contributed by atoms with Crippen LogP contribution in [0.5, 0.6) is 0 Å². The van der Waals surface area contributed by atoms with Gasteiger partial charge in [0.25, 0.3) is 0 Å². The van der Waals surface area contributed by atoms with E-state index in [2.05, 4.69) is 4.98 Å². The number of benzene rings is 1. The van der Waals surface area contributed by atoms with Gasteiger partial charge in [-0.2, -0.15) is 5.26 Å². The lowest BCUT2D eigenvalue weighted by Crippen LogP contribution is -1.86. The number of halogens is 1. The van der Waals surface area contributed by atoms with Gasteiger partial charge in [-0.15, -0.1) is 0 Å². The largest absolute Gasteiger partial charge is 0.441 e. The first-order valence-electron chi connectivity index (χ1n) is 4.80. The second kappa shape index (κ2) is 4.15. The molecule has 1 aromatic heterocycles. The zero-order chi connectivity index (χ0) is 11.5. The highest BCUT2D eigenvalue weighted by Crippen LogP contribution is 2.24. The molecule has 2 rings (SSSR count). The maximum Gasteiger partial charge on any atom is 0.229 e. The Morgan fingerprint density at radius 1 is 1.44 bits per heavy atom. The molecule has 2 aromatic rings. The van der Waals surface area contributed by atoms with Crippen molar-refractivity contribution in [3.63, 3.8) is 0 Å². The van der Waals surface area contributed by atoms with Crippen LogP contribution in [0.2, 0.25) is 0 Å². The summed E-state index contributed by atoms with van der Waals surface area (Å²) in [4.78, 5) is 4.10. The summed E-state index contributed by atoms with van der Waals surface area (Å²) in [5.41, 5.74) is 0.871. The van der Waals surface area contributed by atoms with Gasteiger partial charge in [0.2, 0.25) is 5.89 Å². The van der Waals surface area contributed by atoms with Gasteiger partial charge in [0.05, 0.1) is 23.7 Å². The topological polar surface area (TPSA) is 49.8 Å². The smallest absolute Gasteiger partial charge is 0.229 e. The predicted octanol–water partition coefficient (Wildman–Crippen LogP) is 2.86. The van der Waals surface area contributed by atoms with Crippen LogP contribution in [0.15, 0.2) is 28.7 Å². The Bertz CT molecular complexity index is 554. The summed E-state index contributed by atoms with van der Waals surface area (Å²) in [7, 11) is 0. The molecule has 16 heavy (non-hydrogen) atoms. The number of aromatic nitrogens is 1. The van der Waals surface area contributed by atoms with Gasteiger partial charge >= 0.3 is 0 Å². The summed E-state index contributed by atoms with van der Waals surface area (Å²) in [5, 5.41) is 8.57. The van der Waals surface area contributed by atoms with Gasteiger partial charge in [0, 0.05) is 0 Å². The molecule has 0 atom stereocenters. The summed E-state index contributed by atoms with van der Waals surface area (Å²) in [6.07, 6.45) is 0.170. The molecule has 4 heteroatoms. The Labute approximate surface area is 92.2 Å². The number of rotatable bonds is 2. The van der Waals surface area contributed by atoms with Crippen LogP contribution in [0.1, 0.15) is 11.5 Å². The highest BCUT2D eigenvalue weighted by Gasteiger charge is 2.13. The number of nitrogens with zero attached hydrogens (tertiary/aromatic N) is 2. The maximum absolute atomic E-state index is 13.4. The van der Waals surface area contributed by atoms with E-state index in [4.69, 9.17) is 9.68 Å². The number of aryl methyl sites for hydroxylation is 1. The van der Waals surface area contributed by atoms with E-state index in [0.717, 1.165) is 0 Å². The lowest BCUT2D eigenvalue weighted by Gasteiger charge is -1.95. The maximum atomic E-state index is 13.4. The zero-order valence-corrected chi connectivity index (χ0v) is 8.70. The summed E-state index contributed by atoms with van der Waals surface area (Å²) < 4.78 is 18.8. The molecule has 80 valence electrons. The Morgan fingerprint density at radius 3 is 2.88 bits per heavy atom. The van der Waals surface area contributed by atoms with E-state index >= 15 is 0 Å². The standard InChI is InChI=1S/C12H9FN2O/c1-8-11(6-7-14)15-12(16-8)9-4-2-3-5-10(9)13/h2-5H,6H2,1H3. The van der Waals surface area contributed by atoms with Crippen LogP contribution in [0, 0.1) is 24.1 Å². The fraction of sp³-hybridized carbons (Fsp3) is 0.167. The van der Waals surface area contributed by atoms with Gasteiger partial charge in [-0.3, -0.25) is 0 Å². The molecule has 1 aromatic carbocycles. The van der Waals surface area contributed by atoms with E-state index in [9.17, 15) is 4.39 Å². The second-order valence-corrected chi connectivity index (χ2v) is 3.34. The number of hydrogen-bond donors (Lipinski definition) is 0. The fourth-order valence-corrected chi connectivity index (χ4v) is 1.42. The van der Waals surface area contributed by atoms with Crippen molar-refractivity contribution in [2.45, 2.75) is 13.3 Å². The van der Waals surface area contributed by atoms with Gasteiger partial charge in [-0.25, -0.2) is 9.37 Å². The van der Waals surface area contributed by atoms with Crippen molar-refractivity contribution in [1.29, 1.82) is 5.26 Å². The van der Waals surface area contributed by atoms with Crippen LogP contribution in [-0.2, 0) is 6.42 Å². The first-order chi connectivity index (χ1) is 7.72. The molecule has 0 bridgehead atoms. The summed E-state index contributed by atoms with van der Waals surface area (Å²) in [6.45, 7) is 1.71. The molecule has 0 saturated heterocycles. The zero-order valence-electron chi connectivity index (χ0n) is 8.70. The summed E-state index contributed by atoms with van der Waals surface area (Å²) >= 11 is 0. The van der Waals surface area contributed by atoms with E-state index in [1.807, 2.05) is 6.07 Å². The highest BCUT2D eigenvalue weighted by atomic mass is 19.1. The number of hydrogen-bond acceptors (Lipinski definition) is 3. The van der Waals surface area contributed by atoms with Gasteiger partial charge in [-0.1, -0.05) is 12.1 Å². The molecule has 1 heterocycles. The molecule has 0 aliphatic rings. The third-order valence-corrected chi connectivity index (χ3v) is 2.24. The van der Waals surface area contributed by atoms with Crippen molar-refractivity contribution in [1.82, 2.24) is 4.98 Å².